The van der Waals surface area contributed by atoms with Gasteiger partial charge in [0.25, 0.3) is 0 Å². The lowest BCUT2D eigenvalue weighted by Gasteiger charge is -2.54. The van der Waals surface area contributed by atoms with Gasteiger partial charge in [-0.25, -0.2) is 0 Å². The van der Waals surface area contributed by atoms with Crippen molar-refractivity contribution < 1.29 is 4.74 Å². The number of hydrogen-bond donors (Lipinski definition) is 1. The van der Waals surface area contributed by atoms with Crippen molar-refractivity contribution in [1.82, 2.24) is 5.32 Å². The molecule has 0 radical (unpaired) electrons. The minimum Gasteiger partial charge on any atom is -0.383 e. The fraction of sp³-hybridized carbons (Fsp3) is 0.667. The van der Waals surface area contributed by atoms with Crippen LogP contribution in [0.1, 0.15) is 39.2 Å². The molecule has 1 fully saturated rings. The maximum atomic E-state index is 5.14. The van der Waals surface area contributed by atoms with E-state index in [1.54, 1.807) is 7.11 Å². The molecule has 0 atom stereocenters. The van der Waals surface area contributed by atoms with Gasteiger partial charge >= 0.3 is 0 Å². The van der Waals surface area contributed by atoms with Crippen LogP contribution in [-0.4, -0.2) is 26.8 Å². The highest BCUT2D eigenvalue weighted by atomic mass is 79.9. The summed E-state index contributed by atoms with van der Waals surface area (Å²) in [7, 11) is 1.75. The first kappa shape index (κ1) is 17.0. The Kier molecular flexibility index (Phi) is 5.50. The van der Waals surface area contributed by atoms with Gasteiger partial charge in [-0.2, -0.15) is 0 Å². The van der Waals surface area contributed by atoms with Crippen LogP contribution in [0.25, 0.3) is 0 Å². The van der Waals surface area contributed by atoms with Crippen LogP contribution in [0.5, 0.6) is 0 Å². The van der Waals surface area contributed by atoms with Gasteiger partial charge in [-0.1, -0.05) is 54.9 Å². The van der Waals surface area contributed by atoms with Gasteiger partial charge in [-0.05, 0) is 35.8 Å². The summed E-state index contributed by atoms with van der Waals surface area (Å²) in [6.07, 6.45) is 2.53. The number of rotatable bonds is 6. The molecule has 21 heavy (non-hydrogen) atoms. The molecule has 3 heteroatoms. The second-order valence-electron chi connectivity index (χ2n) is 7.40. The monoisotopic (exact) mass is 353 g/mol. The standard InChI is InChI=1S/C18H28BrNO/c1-17(2,3)14-11-18(12-14,13-20-9-10-21-4)15-7-5-6-8-16(15)19/h5-8,14,20H,9-13H2,1-4H3. The molecule has 1 N–H and O–H groups in total. The molecule has 1 aromatic rings. The molecule has 0 bridgehead atoms. The number of benzene rings is 1. The second kappa shape index (κ2) is 6.80. The van der Waals surface area contributed by atoms with Gasteiger partial charge in [-0.15, -0.1) is 0 Å². The van der Waals surface area contributed by atoms with E-state index in [0.717, 1.165) is 25.6 Å². The Morgan fingerprint density at radius 3 is 2.52 bits per heavy atom. The normalized spacial score (nSPS) is 25.7. The molecule has 0 amide bonds. The fourth-order valence-electron chi connectivity index (χ4n) is 3.35. The van der Waals surface area contributed by atoms with Crippen LogP contribution in [0.15, 0.2) is 28.7 Å². The molecule has 2 rings (SSSR count). The summed E-state index contributed by atoms with van der Waals surface area (Å²) >= 11 is 3.75. The van der Waals surface area contributed by atoms with E-state index in [4.69, 9.17) is 4.74 Å². The van der Waals surface area contributed by atoms with Gasteiger partial charge in [-0.3, -0.25) is 0 Å². The molecule has 0 spiro atoms. The van der Waals surface area contributed by atoms with Crippen LogP contribution in [0.4, 0.5) is 0 Å². The molecule has 1 aliphatic rings. The summed E-state index contributed by atoms with van der Waals surface area (Å²) in [4.78, 5) is 0. The zero-order valence-electron chi connectivity index (χ0n) is 13.7. The van der Waals surface area contributed by atoms with E-state index in [9.17, 15) is 0 Å². The van der Waals surface area contributed by atoms with Crippen molar-refractivity contribution in [2.75, 3.05) is 26.8 Å². The molecule has 0 unspecified atom stereocenters. The number of nitrogens with one attached hydrogen (secondary N) is 1. The van der Waals surface area contributed by atoms with Crippen LogP contribution in [0.3, 0.4) is 0 Å². The summed E-state index contributed by atoms with van der Waals surface area (Å²) in [5.41, 5.74) is 2.12. The first-order chi connectivity index (χ1) is 9.89. The Morgan fingerprint density at radius 1 is 1.29 bits per heavy atom. The van der Waals surface area contributed by atoms with Crippen molar-refractivity contribution in [3.63, 3.8) is 0 Å². The van der Waals surface area contributed by atoms with Gasteiger partial charge in [0.2, 0.25) is 0 Å². The minimum atomic E-state index is 0.270. The summed E-state index contributed by atoms with van der Waals surface area (Å²) in [6, 6.07) is 8.69. The van der Waals surface area contributed by atoms with Crippen LogP contribution in [0.2, 0.25) is 0 Å². The lowest BCUT2D eigenvalue weighted by molar-refractivity contribution is 0.0434. The maximum Gasteiger partial charge on any atom is 0.0587 e. The van der Waals surface area contributed by atoms with Crippen molar-refractivity contribution in [2.45, 2.75) is 39.0 Å². The Balaban J connectivity index is 2.12. The lowest BCUT2D eigenvalue weighted by Crippen LogP contribution is -2.52. The molecular formula is C18H28BrNO. The Bertz CT molecular complexity index is 461. The number of hydrogen-bond acceptors (Lipinski definition) is 2. The summed E-state index contributed by atoms with van der Waals surface area (Å²) < 4.78 is 6.38. The third-order valence-corrected chi connectivity index (χ3v) is 5.58. The van der Waals surface area contributed by atoms with Gasteiger partial charge in [0.15, 0.2) is 0 Å². The van der Waals surface area contributed by atoms with E-state index in [-0.39, 0.29) is 5.41 Å². The van der Waals surface area contributed by atoms with Crippen molar-refractivity contribution in [2.24, 2.45) is 11.3 Å². The quantitative estimate of drug-likeness (QED) is 0.766. The van der Waals surface area contributed by atoms with Crippen molar-refractivity contribution in [3.05, 3.63) is 34.3 Å². The molecular weight excluding hydrogens is 326 g/mol. The zero-order valence-corrected chi connectivity index (χ0v) is 15.3. The minimum absolute atomic E-state index is 0.270. The Morgan fingerprint density at radius 2 is 1.95 bits per heavy atom. The van der Waals surface area contributed by atoms with E-state index in [1.807, 2.05) is 0 Å². The fourth-order valence-corrected chi connectivity index (χ4v) is 4.05. The third-order valence-electron chi connectivity index (χ3n) is 4.89. The average molecular weight is 354 g/mol. The average Bonchev–Trinajstić information content (AvgIpc) is 2.36. The number of halogens is 1. The predicted molar refractivity (Wildman–Crippen MR) is 92.7 cm³/mol. The van der Waals surface area contributed by atoms with Crippen LogP contribution in [-0.2, 0) is 10.2 Å². The maximum absolute atomic E-state index is 5.14. The Labute approximate surface area is 137 Å². The molecule has 1 aromatic carbocycles. The van der Waals surface area contributed by atoms with Crippen molar-refractivity contribution in [3.8, 4) is 0 Å². The molecule has 2 nitrogen and oxygen atoms in total. The van der Waals surface area contributed by atoms with Gasteiger partial charge in [0.05, 0.1) is 6.61 Å². The van der Waals surface area contributed by atoms with E-state index in [1.165, 1.54) is 22.9 Å². The lowest BCUT2D eigenvalue weighted by atomic mass is 9.52. The van der Waals surface area contributed by atoms with E-state index < -0.39 is 0 Å². The molecule has 0 aromatic heterocycles. The summed E-state index contributed by atoms with van der Waals surface area (Å²) in [5.74, 6) is 0.800. The number of ether oxygens (including phenoxy) is 1. The predicted octanol–water partition coefficient (Wildman–Crippen LogP) is 4.38. The molecule has 0 heterocycles. The van der Waals surface area contributed by atoms with E-state index in [2.05, 4.69) is 66.3 Å². The SMILES string of the molecule is COCCNCC1(c2ccccc2Br)CC(C(C)(C)C)C1. The van der Waals surface area contributed by atoms with Crippen molar-refractivity contribution in [1.29, 1.82) is 0 Å². The first-order valence-corrected chi connectivity index (χ1v) is 8.63. The molecule has 1 aliphatic carbocycles. The molecule has 0 aliphatic heterocycles. The highest BCUT2D eigenvalue weighted by Crippen LogP contribution is 2.55. The second-order valence-corrected chi connectivity index (χ2v) is 8.26. The van der Waals surface area contributed by atoms with Crippen LogP contribution < -0.4 is 5.32 Å². The van der Waals surface area contributed by atoms with Crippen molar-refractivity contribution >= 4 is 15.9 Å². The van der Waals surface area contributed by atoms with Gasteiger partial charge < -0.3 is 10.1 Å². The first-order valence-electron chi connectivity index (χ1n) is 7.84. The van der Waals surface area contributed by atoms with Gasteiger partial charge in [0, 0.05) is 30.1 Å². The zero-order chi connectivity index (χ0) is 15.5. The highest BCUT2D eigenvalue weighted by molar-refractivity contribution is 9.10. The number of methoxy groups -OCH3 is 1. The van der Waals surface area contributed by atoms with Gasteiger partial charge in [0.1, 0.15) is 0 Å². The highest BCUT2D eigenvalue weighted by Gasteiger charge is 2.49. The molecule has 0 saturated heterocycles. The summed E-state index contributed by atoms with van der Waals surface area (Å²) in [6.45, 7) is 9.81. The van der Waals surface area contributed by atoms with E-state index in [0.29, 0.717) is 5.41 Å². The Hall–Kier alpha value is -0.380. The largest absolute Gasteiger partial charge is 0.383 e. The molecule has 1 saturated carbocycles. The topological polar surface area (TPSA) is 21.3 Å². The summed E-state index contributed by atoms with van der Waals surface area (Å²) in [5, 5.41) is 3.58. The van der Waals surface area contributed by atoms with Crippen LogP contribution >= 0.6 is 15.9 Å². The third kappa shape index (κ3) is 3.88. The van der Waals surface area contributed by atoms with E-state index >= 15 is 0 Å². The smallest absolute Gasteiger partial charge is 0.0587 e. The van der Waals surface area contributed by atoms with Crippen LogP contribution in [0, 0.1) is 11.3 Å². The molecule has 118 valence electrons.